The van der Waals surface area contributed by atoms with Gasteiger partial charge < -0.3 is 20.5 Å². The van der Waals surface area contributed by atoms with E-state index in [9.17, 15) is 4.79 Å². The van der Waals surface area contributed by atoms with E-state index in [2.05, 4.69) is 5.32 Å². The topological polar surface area (TPSA) is 73.6 Å². The van der Waals surface area contributed by atoms with E-state index < -0.39 is 0 Å². The van der Waals surface area contributed by atoms with Crippen molar-refractivity contribution < 1.29 is 14.3 Å². The van der Waals surface area contributed by atoms with Crippen LogP contribution in [0.5, 0.6) is 11.5 Å². The second kappa shape index (κ2) is 4.53. The number of ether oxygens (including phenoxy) is 2. The van der Waals surface area contributed by atoms with Crippen LogP contribution in [0.1, 0.15) is 23.2 Å². The molecule has 2 rings (SSSR count). The molecule has 1 aliphatic carbocycles. The summed E-state index contributed by atoms with van der Waals surface area (Å²) in [7, 11) is 3.04. The van der Waals surface area contributed by atoms with E-state index in [1.807, 2.05) is 0 Å². The molecule has 17 heavy (non-hydrogen) atoms. The lowest BCUT2D eigenvalue weighted by Gasteiger charge is -2.12. The Kier molecular flexibility index (Phi) is 3.08. The Bertz CT molecular complexity index is 442. The number of carbonyl (C=O) groups excluding carboxylic acids is 1. The van der Waals surface area contributed by atoms with Gasteiger partial charge in [0.25, 0.3) is 5.91 Å². The lowest BCUT2D eigenvalue weighted by atomic mass is 10.1. The van der Waals surface area contributed by atoms with Crippen molar-refractivity contribution in [2.24, 2.45) is 0 Å². The summed E-state index contributed by atoms with van der Waals surface area (Å²) < 4.78 is 10.2. The van der Waals surface area contributed by atoms with Crippen molar-refractivity contribution in [1.82, 2.24) is 5.32 Å². The molecule has 0 unspecified atom stereocenters. The fourth-order valence-electron chi connectivity index (χ4n) is 1.57. The predicted molar refractivity (Wildman–Crippen MR) is 64.4 cm³/mol. The smallest absolute Gasteiger partial charge is 0.253 e. The number of anilines is 1. The largest absolute Gasteiger partial charge is 0.497 e. The van der Waals surface area contributed by atoms with Gasteiger partial charge in [-0.1, -0.05) is 0 Å². The zero-order chi connectivity index (χ0) is 12.4. The minimum Gasteiger partial charge on any atom is -0.497 e. The van der Waals surface area contributed by atoms with Gasteiger partial charge in [-0.15, -0.1) is 0 Å². The normalized spacial score (nSPS) is 14.2. The number of nitrogen functional groups attached to an aromatic ring is 1. The average Bonchev–Trinajstić information content (AvgIpc) is 3.13. The Morgan fingerprint density at radius 3 is 2.59 bits per heavy atom. The van der Waals surface area contributed by atoms with Gasteiger partial charge in [0.05, 0.1) is 25.5 Å². The van der Waals surface area contributed by atoms with Crippen LogP contribution in [-0.2, 0) is 0 Å². The molecule has 0 aliphatic heterocycles. The molecule has 0 aromatic heterocycles. The molecule has 0 spiro atoms. The Labute approximate surface area is 99.9 Å². The summed E-state index contributed by atoms with van der Waals surface area (Å²) in [6, 6.07) is 3.57. The van der Waals surface area contributed by atoms with Crippen molar-refractivity contribution in [2.75, 3.05) is 20.0 Å². The van der Waals surface area contributed by atoms with Crippen LogP contribution in [0.25, 0.3) is 0 Å². The molecule has 0 bridgehead atoms. The van der Waals surface area contributed by atoms with Crippen LogP contribution in [0.4, 0.5) is 5.69 Å². The number of carbonyl (C=O) groups is 1. The maximum Gasteiger partial charge on any atom is 0.253 e. The number of hydrogen-bond donors (Lipinski definition) is 2. The van der Waals surface area contributed by atoms with Crippen LogP contribution >= 0.6 is 0 Å². The quantitative estimate of drug-likeness (QED) is 0.770. The summed E-state index contributed by atoms with van der Waals surface area (Å²) in [6.45, 7) is 0. The van der Waals surface area contributed by atoms with E-state index in [-0.39, 0.29) is 5.91 Å². The summed E-state index contributed by atoms with van der Waals surface area (Å²) in [4.78, 5) is 12.0. The van der Waals surface area contributed by atoms with Crippen molar-refractivity contribution >= 4 is 11.6 Å². The van der Waals surface area contributed by atoms with Crippen molar-refractivity contribution in [1.29, 1.82) is 0 Å². The zero-order valence-corrected chi connectivity index (χ0v) is 9.95. The van der Waals surface area contributed by atoms with E-state index in [0.29, 0.717) is 28.8 Å². The summed E-state index contributed by atoms with van der Waals surface area (Å²) in [5.74, 6) is 0.824. The monoisotopic (exact) mass is 236 g/mol. The van der Waals surface area contributed by atoms with Gasteiger partial charge in [-0.05, 0) is 18.9 Å². The minimum atomic E-state index is -0.179. The maximum atomic E-state index is 12.0. The summed E-state index contributed by atoms with van der Waals surface area (Å²) >= 11 is 0. The van der Waals surface area contributed by atoms with E-state index in [1.54, 1.807) is 12.1 Å². The first-order valence-corrected chi connectivity index (χ1v) is 5.48. The molecular weight excluding hydrogens is 220 g/mol. The molecule has 1 aliphatic rings. The third-order valence-electron chi connectivity index (χ3n) is 2.73. The summed E-state index contributed by atoms with van der Waals surface area (Å²) in [5.41, 5.74) is 6.61. The molecule has 0 atom stereocenters. The van der Waals surface area contributed by atoms with E-state index in [1.165, 1.54) is 14.2 Å². The van der Waals surface area contributed by atoms with Crippen LogP contribution in [0.15, 0.2) is 12.1 Å². The number of benzene rings is 1. The maximum absolute atomic E-state index is 12.0. The molecule has 92 valence electrons. The Hall–Kier alpha value is -1.91. The highest BCUT2D eigenvalue weighted by atomic mass is 16.5. The minimum absolute atomic E-state index is 0.179. The fraction of sp³-hybridized carbons (Fsp3) is 0.417. The molecule has 1 saturated carbocycles. The van der Waals surface area contributed by atoms with E-state index >= 15 is 0 Å². The van der Waals surface area contributed by atoms with Crippen LogP contribution in [0, 0.1) is 0 Å². The van der Waals surface area contributed by atoms with Crippen molar-refractivity contribution in [3.8, 4) is 11.5 Å². The first-order chi connectivity index (χ1) is 8.15. The number of nitrogens with two attached hydrogens (primary N) is 1. The van der Waals surface area contributed by atoms with E-state index in [0.717, 1.165) is 12.8 Å². The van der Waals surface area contributed by atoms with Crippen molar-refractivity contribution in [2.45, 2.75) is 18.9 Å². The predicted octanol–water partition coefficient (Wildman–Crippen LogP) is 1.18. The third kappa shape index (κ3) is 2.43. The van der Waals surface area contributed by atoms with Crippen LogP contribution in [0.3, 0.4) is 0 Å². The molecule has 1 aromatic carbocycles. The van der Waals surface area contributed by atoms with Gasteiger partial charge in [-0.25, -0.2) is 0 Å². The Morgan fingerprint density at radius 2 is 2.06 bits per heavy atom. The molecule has 1 amide bonds. The molecule has 1 fully saturated rings. The number of rotatable bonds is 4. The zero-order valence-electron chi connectivity index (χ0n) is 9.95. The first kappa shape index (κ1) is 11.6. The number of methoxy groups -OCH3 is 2. The SMILES string of the molecule is COc1cc(OC)c(N)c(C(=O)NC2CC2)c1. The van der Waals surface area contributed by atoms with Gasteiger partial charge in [-0.3, -0.25) is 4.79 Å². The molecule has 5 heteroatoms. The second-order valence-electron chi connectivity index (χ2n) is 4.04. The van der Waals surface area contributed by atoms with E-state index in [4.69, 9.17) is 15.2 Å². The number of hydrogen-bond acceptors (Lipinski definition) is 4. The Balaban J connectivity index is 2.32. The summed E-state index contributed by atoms with van der Waals surface area (Å²) in [6.07, 6.45) is 2.07. The number of amides is 1. The highest BCUT2D eigenvalue weighted by Crippen LogP contribution is 2.31. The van der Waals surface area contributed by atoms with Crippen molar-refractivity contribution in [3.05, 3.63) is 17.7 Å². The highest BCUT2D eigenvalue weighted by molar-refractivity contribution is 6.01. The summed E-state index contributed by atoms with van der Waals surface area (Å²) in [5, 5.41) is 2.88. The standard InChI is InChI=1S/C12H16N2O3/c1-16-8-5-9(11(13)10(6-8)17-2)12(15)14-7-3-4-7/h5-7H,3-4,13H2,1-2H3,(H,14,15). The lowest BCUT2D eigenvalue weighted by molar-refractivity contribution is 0.0951. The molecule has 0 heterocycles. The van der Waals surface area contributed by atoms with Gasteiger partial charge in [-0.2, -0.15) is 0 Å². The van der Waals surface area contributed by atoms with Gasteiger partial charge in [0, 0.05) is 12.1 Å². The van der Waals surface area contributed by atoms with Gasteiger partial charge >= 0.3 is 0 Å². The molecule has 0 saturated heterocycles. The average molecular weight is 236 g/mol. The molecule has 0 radical (unpaired) electrons. The Morgan fingerprint density at radius 1 is 1.35 bits per heavy atom. The van der Waals surface area contributed by atoms with Crippen LogP contribution in [-0.4, -0.2) is 26.2 Å². The molecule has 1 aromatic rings. The van der Waals surface area contributed by atoms with Gasteiger partial charge in [0.1, 0.15) is 11.5 Å². The van der Waals surface area contributed by atoms with Crippen LogP contribution in [0.2, 0.25) is 0 Å². The fourth-order valence-corrected chi connectivity index (χ4v) is 1.57. The van der Waals surface area contributed by atoms with Crippen LogP contribution < -0.4 is 20.5 Å². The second-order valence-corrected chi connectivity index (χ2v) is 4.04. The number of nitrogens with one attached hydrogen (secondary N) is 1. The highest BCUT2D eigenvalue weighted by Gasteiger charge is 2.25. The molecule has 5 nitrogen and oxygen atoms in total. The lowest BCUT2D eigenvalue weighted by Crippen LogP contribution is -2.26. The molecular formula is C12H16N2O3. The van der Waals surface area contributed by atoms with Gasteiger partial charge in [0.2, 0.25) is 0 Å². The van der Waals surface area contributed by atoms with Crippen molar-refractivity contribution in [3.63, 3.8) is 0 Å². The molecule has 3 N–H and O–H groups in total. The first-order valence-electron chi connectivity index (χ1n) is 5.48. The third-order valence-corrected chi connectivity index (χ3v) is 2.73. The van der Waals surface area contributed by atoms with Gasteiger partial charge in [0.15, 0.2) is 0 Å².